The summed E-state index contributed by atoms with van der Waals surface area (Å²) in [6.07, 6.45) is -4.09. The lowest BCUT2D eigenvalue weighted by Crippen LogP contribution is -2.17. The smallest absolute Gasteiger partial charge is 0.422 e. The molecule has 1 aliphatic carbocycles. The Morgan fingerprint density at radius 1 is 1.15 bits per heavy atom. The Bertz CT molecular complexity index is 786. The number of hydrogen-bond donors (Lipinski definition) is 0. The fraction of sp³-hybridized carbons (Fsp3) is 0.438. The van der Waals surface area contributed by atoms with Crippen molar-refractivity contribution < 1.29 is 35.9 Å². The van der Waals surface area contributed by atoms with E-state index in [-0.39, 0.29) is 4.49 Å². The molecule has 1 aliphatic rings. The first-order valence-corrected chi connectivity index (χ1v) is 8.46. The van der Waals surface area contributed by atoms with Gasteiger partial charge in [0, 0.05) is 5.56 Å². The molecule has 150 valence electrons. The van der Waals surface area contributed by atoms with Crippen LogP contribution in [-0.2, 0) is 22.3 Å². The third-order valence-corrected chi connectivity index (χ3v) is 5.11. The second kappa shape index (κ2) is 7.37. The van der Waals surface area contributed by atoms with Gasteiger partial charge >= 0.3 is 12.1 Å². The van der Waals surface area contributed by atoms with Crippen LogP contribution in [0.15, 0.2) is 10.6 Å². The second-order valence-electron chi connectivity index (χ2n) is 6.50. The molecule has 1 aromatic carbocycles. The number of hydrogen-bond acceptors (Lipinski definition) is 2. The zero-order valence-corrected chi connectivity index (χ0v) is 15.9. The van der Waals surface area contributed by atoms with E-state index < -0.39 is 69.6 Å². The summed E-state index contributed by atoms with van der Waals surface area (Å²) in [5.74, 6) is -8.68. The lowest BCUT2D eigenvalue weighted by molar-refractivity contribution is -0.148. The standard InChI is InChI=1S/C16H11Cl3F6O2/c1-15(2)6(3-7(17)18)8(15)14(26)27-4-5-10(19)12(21)9(16(23,24)25)13(22)11(5)20/h3,6,8H,4H2,1-2H3/t6-,8+/m1/s1. The monoisotopic (exact) mass is 454 g/mol. The minimum atomic E-state index is -5.49. The van der Waals surface area contributed by atoms with Crippen molar-refractivity contribution in [3.63, 3.8) is 0 Å². The zero-order valence-electron chi connectivity index (χ0n) is 13.7. The quantitative estimate of drug-likeness (QED) is 0.298. The molecule has 0 amide bonds. The minimum absolute atomic E-state index is 0.0793. The molecule has 0 heterocycles. The molecule has 0 radical (unpaired) electrons. The van der Waals surface area contributed by atoms with Crippen LogP contribution in [0.3, 0.4) is 0 Å². The third kappa shape index (κ3) is 4.17. The van der Waals surface area contributed by atoms with Crippen LogP contribution in [0.5, 0.6) is 0 Å². The third-order valence-electron chi connectivity index (χ3n) is 4.47. The van der Waals surface area contributed by atoms with Gasteiger partial charge in [-0.25, -0.2) is 13.2 Å². The van der Waals surface area contributed by atoms with Crippen molar-refractivity contribution in [2.45, 2.75) is 26.6 Å². The van der Waals surface area contributed by atoms with E-state index in [0.717, 1.165) is 0 Å². The summed E-state index contributed by atoms with van der Waals surface area (Å²) in [5, 5.41) is -1.32. The van der Waals surface area contributed by atoms with Crippen LogP contribution in [0, 0.1) is 34.7 Å². The summed E-state index contributed by atoms with van der Waals surface area (Å²) >= 11 is 16.5. The van der Waals surface area contributed by atoms with Crippen molar-refractivity contribution in [2.24, 2.45) is 17.3 Å². The molecule has 2 rings (SSSR count). The SMILES string of the molecule is CC1(C)[C@H](C=C(Cl)Cl)[C@H]1C(=O)OCc1c(F)c(F)c(C(F)(F)F)c(F)c1Cl. The summed E-state index contributed by atoms with van der Waals surface area (Å²) in [6.45, 7) is 2.34. The van der Waals surface area contributed by atoms with Gasteiger partial charge in [-0.15, -0.1) is 0 Å². The van der Waals surface area contributed by atoms with Crippen molar-refractivity contribution in [3.05, 3.63) is 44.2 Å². The van der Waals surface area contributed by atoms with Gasteiger partial charge in [-0.05, 0) is 17.4 Å². The average Bonchev–Trinajstić information content (AvgIpc) is 3.03. The molecule has 0 bridgehead atoms. The van der Waals surface area contributed by atoms with Gasteiger partial charge in [-0.3, -0.25) is 4.79 Å². The topological polar surface area (TPSA) is 26.3 Å². The predicted molar refractivity (Wildman–Crippen MR) is 86.7 cm³/mol. The molecule has 27 heavy (non-hydrogen) atoms. The van der Waals surface area contributed by atoms with Crippen molar-refractivity contribution in [3.8, 4) is 0 Å². The molecule has 0 aliphatic heterocycles. The van der Waals surface area contributed by atoms with E-state index in [9.17, 15) is 31.1 Å². The molecule has 0 unspecified atom stereocenters. The molecule has 2 nitrogen and oxygen atoms in total. The largest absolute Gasteiger partial charge is 0.460 e. The summed E-state index contributed by atoms with van der Waals surface area (Å²) in [6, 6.07) is 0. The van der Waals surface area contributed by atoms with Gasteiger partial charge in [-0.2, -0.15) is 13.2 Å². The molecule has 1 fully saturated rings. The van der Waals surface area contributed by atoms with Gasteiger partial charge in [-0.1, -0.05) is 48.7 Å². The van der Waals surface area contributed by atoms with Crippen LogP contribution in [0.4, 0.5) is 26.3 Å². The highest BCUT2D eigenvalue weighted by Gasteiger charge is 2.61. The average molecular weight is 456 g/mol. The summed E-state index contributed by atoms with van der Waals surface area (Å²) < 4.78 is 84.0. The zero-order chi connectivity index (χ0) is 20.9. The van der Waals surface area contributed by atoms with Crippen molar-refractivity contribution in [1.82, 2.24) is 0 Å². The summed E-state index contributed by atoms with van der Waals surface area (Å²) in [4.78, 5) is 12.1. The van der Waals surface area contributed by atoms with Crippen LogP contribution in [0.25, 0.3) is 0 Å². The summed E-state index contributed by atoms with van der Waals surface area (Å²) in [5.41, 5.74) is -4.08. The van der Waals surface area contributed by atoms with Crippen LogP contribution >= 0.6 is 34.8 Å². The molecule has 2 atom stereocenters. The van der Waals surface area contributed by atoms with Crippen molar-refractivity contribution in [2.75, 3.05) is 0 Å². The maximum absolute atomic E-state index is 13.9. The molecule has 1 saturated carbocycles. The van der Waals surface area contributed by atoms with E-state index in [2.05, 4.69) is 0 Å². The number of alkyl halides is 3. The van der Waals surface area contributed by atoms with Crippen LogP contribution < -0.4 is 0 Å². The maximum atomic E-state index is 13.9. The Hall–Kier alpha value is -1.12. The lowest BCUT2D eigenvalue weighted by atomic mass is 10.1. The first-order chi connectivity index (χ1) is 12.2. The molecule has 1 aromatic rings. The molecule has 0 saturated heterocycles. The van der Waals surface area contributed by atoms with E-state index in [4.69, 9.17) is 39.5 Å². The van der Waals surface area contributed by atoms with E-state index in [1.54, 1.807) is 13.8 Å². The van der Waals surface area contributed by atoms with E-state index in [0.29, 0.717) is 0 Å². The predicted octanol–water partition coefficient (Wildman–Crippen LogP) is 6.41. The van der Waals surface area contributed by atoms with Crippen LogP contribution in [0.2, 0.25) is 5.02 Å². The summed E-state index contributed by atoms with van der Waals surface area (Å²) in [7, 11) is 0. The minimum Gasteiger partial charge on any atom is -0.460 e. The van der Waals surface area contributed by atoms with Gasteiger partial charge in [0.15, 0.2) is 17.5 Å². The lowest BCUT2D eigenvalue weighted by Gasteiger charge is -2.15. The van der Waals surface area contributed by atoms with Crippen molar-refractivity contribution >= 4 is 40.8 Å². The highest BCUT2D eigenvalue weighted by Crippen LogP contribution is 2.60. The molecule has 0 aromatic heterocycles. The number of carbonyl (C=O) groups is 1. The number of allylic oxidation sites excluding steroid dienone is 1. The Kier molecular flexibility index (Phi) is 6.05. The fourth-order valence-electron chi connectivity index (χ4n) is 2.86. The van der Waals surface area contributed by atoms with Crippen LogP contribution in [-0.4, -0.2) is 5.97 Å². The van der Waals surface area contributed by atoms with E-state index in [1.807, 2.05) is 0 Å². The van der Waals surface area contributed by atoms with E-state index >= 15 is 0 Å². The van der Waals surface area contributed by atoms with Crippen LogP contribution in [0.1, 0.15) is 25.0 Å². The second-order valence-corrected chi connectivity index (χ2v) is 7.88. The number of benzene rings is 1. The molecule has 0 N–H and O–H groups in total. The first-order valence-electron chi connectivity index (χ1n) is 7.32. The number of rotatable bonds is 4. The number of halogens is 9. The van der Waals surface area contributed by atoms with Gasteiger partial charge in [0.1, 0.15) is 16.7 Å². The number of carbonyl (C=O) groups excluding carboxylic acids is 1. The number of esters is 1. The van der Waals surface area contributed by atoms with E-state index in [1.165, 1.54) is 6.08 Å². The normalized spacial score (nSPS) is 21.0. The Morgan fingerprint density at radius 3 is 2.19 bits per heavy atom. The van der Waals surface area contributed by atoms with Gasteiger partial charge in [0.05, 0.1) is 10.9 Å². The fourth-order valence-corrected chi connectivity index (χ4v) is 3.36. The highest BCUT2D eigenvalue weighted by atomic mass is 35.5. The Labute approximate surface area is 165 Å². The first kappa shape index (κ1) is 22.2. The molecule has 11 heteroatoms. The maximum Gasteiger partial charge on any atom is 0.422 e. The van der Waals surface area contributed by atoms with Gasteiger partial charge in [0.2, 0.25) is 0 Å². The van der Waals surface area contributed by atoms with Gasteiger partial charge < -0.3 is 4.74 Å². The number of ether oxygens (including phenoxy) is 1. The highest BCUT2D eigenvalue weighted by molar-refractivity contribution is 6.55. The Morgan fingerprint density at radius 2 is 1.70 bits per heavy atom. The Balaban J connectivity index is 2.25. The molecular weight excluding hydrogens is 445 g/mol. The van der Waals surface area contributed by atoms with Gasteiger partial charge in [0.25, 0.3) is 0 Å². The van der Waals surface area contributed by atoms with Crippen molar-refractivity contribution in [1.29, 1.82) is 0 Å². The molecular formula is C16H11Cl3F6O2. The molecule has 0 spiro atoms.